The summed E-state index contributed by atoms with van der Waals surface area (Å²) in [5.74, 6) is -1.97. The average molecular weight is 524 g/mol. The molecule has 0 bridgehead atoms. The minimum atomic E-state index is -1.44. The molecule has 1 amide bonds. The largest absolute Gasteiger partial charge is 0.481 e. The minimum absolute atomic E-state index is 0.0119. The summed E-state index contributed by atoms with van der Waals surface area (Å²) >= 11 is 0. The summed E-state index contributed by atoms with van der Waals surface area (Å²) in [5.41, 5.74) is -0.0929. The Hall–Kier alpha value is -1.71. The van der Waals surface area contributed by atoms with Crippen LogP contribution < -0.4 is 5.32 Å². The summed E-state index contributed by atoms with van der Waals surface area (Å²) in [6.45, 7) is 6.71. The Balaban J connectivity index is 1.43. The molecule has 0 aromatic heterocycles. The zero-order valence-electron chi connectivity index (χ0n) is 22.3. The second-order valence-corrected chi connectivity index (χ2v) is 13.1. The minimum Gasteiger partial charge on any atom is -0.481 e. The lowest BCUT2D eigenvalue weighted by Gasteiger charge is -2.63. The van der Waals surface area contributed by atoms with E-state index >= 15 is 0 Å². The summed E-state index contributed by atoms with van der Waals surface area (Å²) in [5, 5.41) is 53.3. The molecule has 37 heavy (non-hydrogen) atoms. The third-order valence-electron chi connectivity index (χ3n) is 11.3. The van der Waals surface area contributed by atoms with E-state index in [9.17, 15) is 34.8 Å². The van der Waals surface area contributed by atoms with Crippen LogP contribution in [-0.4, -0.2) is 67.7 Å². The van der Waals surface area contributed by atoms with Crippen LogP contribution in [-0.2, 0) is 14.4 Å². The van der Waals surface area contributed by atoms with Gasteiger partial charge in [0.15, 0.2) is 0 Å². The number of carbonyl (C=O) groups is 3. The molecule has 4 aliphatic rings. The molecule has 0 unspecified atom stereocenters. The molecule has 4 rings (SSSR count). The summed E-state index contributed by atoms with van der Waals surface area (Å²) in [6, 6.07) is -1.44. The Kier molecular flexibility index (Phi) is 8.00. The lowest BCUT2D eigenvalue weighted by Crippen LogP contribution is -2.64. The van der Waals surface area contributed by atoms with Gasteiger partial charge < -0.3 is 30.8 Å². The van der Waals surface area contributed by atoms with E-state index in [0.29, 0.717) is 24.7 Å². The van der Waals surface area contributed by atoms with E-state index in [1.165, 1.54) is 0 Å². The van der Waals surface area contributed by atoms with Crippen LogP contribution in [0.15, 0.2) is 0 Å². The molecule has 0 aromatic carbocycles. The first kappa shape index (κ1) is 28.3. The maximum atomic E-state index is 12.4. The third kappa shape index (κ3) is 5.03. The number of aliphatic carboxylic acids is 2. The molecule has 6 N–H and O–H groups in total. The molecule has 0 spiro atoms. The number of aliphatic hydroxyl groups excluding tert-OH is 3. The number of amides is 1. The second-order valence-electron chi connectivity index (χ2n) is 13.1. The molecule has 0 saturated heterocycles. The predicted octanol–water partition coefficient (Wildman–Crippen LogP) is 2.41. The highest BCUT2D eigenvalue weighted by Gasteiger charge is 2.65. The molecule has 0 aliphatic heterocycles. The first-order chi connectivity index (χ1) is 17.3. The molecular weight excluding hydrogens is 478 g/mol. The van der Waals surface area contributed by atoms with Crippen LogP contribution in [0.5, 0.6) is 0 Å². The molecule has 0 heterocycles. The quantitative estimate of drug-likeness (QED) is 0.282. The molecule has 0 aromatic rings. The highest BCUT2D eigenvalue weighted by Crippen LogP contribution is 2.68. The van der Waals surface area contributed by atoms with Gasteiger partial charge in [-0.25, -0.2) is 4.79 Å². The van der Waals surface area contributed by atoms with E-state index in [0.717, 1.165) is 38.5 Å². The van der Waals surface area contributed by atoms with Gasteiger partial charge in [0.2, 0.25) is 5.91 Å². The summed E-state index contributed by atoms with van der Waals surface area (Å²) in [4.78, 5) is 34.6. The zero-order chi connectivity index (χ0) is 27.3. The number of carboxylic acid groups (broad SMARTS) is 2. The first-order valence-corrected chi connectivity index (χ1v) is 14.1. The second kappa shape index (κ2) is 10.5. The monoisotopic (exact) mass is 523 g/mol. The highest BCUT2D eigenvalue weighted by molar-refractivity contribution is 5.86. The van der Waals surface area contributed by atoms with Crippen LogP contribution in [0, 0.1) is 46.3 Å². The highest BCUT2D eigenvalue weighted by atomic mass is 16.4. The molecule has 12 atom stereocenters. The van der Waals surface area contributed by atoms with Gasteiger partial charge in [-0.2, -0.15) is 0 Å². The zero-order valence-corrected chi connectivity index (χ0v) is 22.3. The van der Waals surface area contributed by atoms with Gasteiger partial charge in [-0.15, -0.1) is 0 Å². The van der Waals surface area contributed by atoms with Crippen LogP contribution in [0.4, 0.5) is 0 Å². The Morgan fingerprint density at radius 3 is 2.19 bits per heavy atom. The Bertz CT molecular complexity index is 895. The lowest BCUT2D eigenvalue weighted by molar-refractivity contribution is -0.223. The van der Waals surface area contributed by atoms with Gasteiger partial charge in [0, 0.05) is 6.42 Å². The molecule has 4 saturated carbocycles. The standard InChI is InChI=1S/C28H45NO8/c1-14(4-7-21(31)29-20(26(36)37)13-22(32)33)16-5-6-17-23-18(9-11-27(16,17)2)28(3)10-8-15(30)12-19(28)24(34)25(23)35/h14-20,23-25,30,34-35H,4-13H2,1-3H3,(H,29,31)(H,32,33)(H,36,37)/t14-,15-,16-,17+,18+,19+,20+,23+,24+,25+,27-,28-/m1/s1. The maximum Gasteiger partial charge on any atom is 0.326 e. The number of carbonyl (C=O) groups excluding carboxylic acids is 1. The Morgan fingerprint density at radius 2 is 1.54 bits per heavy atom. The van der Waals surface area contributed by atoms with Crippen LogP contribution in [0.1, 0.15) is 85.0 Å². The van der Waals surface area contributed by atoms with E-state index in [-0.39, 0.29) is 40.9 Å². The third-order valence-corrected chi connectivity index (χ3v) is 11.3. The topological polar surface area (TPSA) is 164 Å². The van der Waals surface area contributed by atoms with Gasteiger partial charge in [-0.1, -0.05) is 20.8 Å². The van der Waals surface area contributed by atoms with E-state index in [4.69, 9.17) is 5.11 Å². The smallest absolute Gasteiger partial charge is 0.326 e. The summed E-state index contributed by atoms with van der Waals surface area (Å²) in [6.07, 6.45) is 4.21. The fourth-order valence-electron chi connectivity index (χ4n) is 9.42. The van der Waals surface area contributed by atoms with Gasteiger partial charge in [-0.3, -0.25) is 9.59 Å². The normalized spacial score (nSPS) is 44.6. The summed E-state index contributed by atoms with van der Waals surface area (Å²) < 4.78 is 0. The number of hydrogen-bond acceptors (Lipinski definition) is 6. The SMILES string of the molecule is C[C@H](CCC(=O)N[C@@H](CC(=O)O)C(=O)O)[C@H]1CC[C@H]2[C@@H]3[C@H](O)[C@@H](O)[C@@H]4C[C@H](O)CC[C@]4(C)[C@H]3CC[C@]12C. The molecular formula is C28H45NO8. The van der Waals surface area contributed by atoms with Gasteiger partial charge in [0.05, 0.1) is 24.7 Å². The fraction of sp³-hybridized carbons (Fsp3) is 0.893. The van der Waals surface area contributed by atoms with Crippen LogP contribution in [0.3, 0.4) is 0 Å². The van der Waals surface area contributed by atoms with Gasteiger partial charge in [0.25, 0.3) is 0 Å². The summed E-state index contributed by atoms with van der Waals surface area (Å²) in [7, 11) is 0. The molecule has 9 nitrogen and oxygen atoms in total. The van der Waals surface area contributed by atoms with Crippen molar-refractivity contribution in [2.45, 2.75) is 109 Å². The molecule has 0 radical (unpaired) electrons. The van der Waals surface area contributed by atoms with Crippen molar-refractivity contribution in [2.75, 3.05) is 0 Å². The number of aliphatic hydroxyl groups is 3. The number of hydrogen-bond donors (Lipinski definition) is 6. The van der Waals surface area contributed by atoms with Crippen LogP contribution in [0.25, 0.3) is 0 Å². The van der Waals surface area contributed by atoms with Crippen molar-refractivity contribution >= 4 is 17.8 Å². The fourth-order valence-corrected chi connectivity index (χ4v) is 9.42. The van der Waals surface area contributed by atoms with E-state index in [2.05, 4.69) is 26.1 Å². The van der Waals surface area contributed by atoms with Crippen molar-refractivity contribution < 1.29 is 39.9 Å². The van der Waals surface area contributed by atoms with Crippen molar-refractivity contribution in [3.05, 3.63) is 0 Å². The number of rotatable bonds is 8. The van der Waals surface area contributed by atoms with Gasteiger partial charge in [-0.05, 0) is 97.7 Å². The molecule has 4 aliphatic carbocycles. The van der Waals surface area contributed by atoms with Crippen molar-refractivity contribution in [3.63, 3.8) is 0 Å². The Labute approximate surface area is 219 Å². The Morgan fingerprint density at radius 1 is 0.892 bits per heavy atom. The van der Waals surface area contributed by atoms with Crippen molar-refractivity contribution in [3.8, 4) is 0 Å². The molecule has 210 valence electrons. The van der Waals surface area contributed by atoms with Crippen LogP contribution in [0.2, 0.25) is 0 Å². The van der Waals surface area contributed by atoms with Crippen molar-refractivity contribution in [1.29, 1.82) is 0 Å². The number of carboxylic acids is 2. The van der Waals surface area contributed by atoms with Gasteiger partial charge >= 0.3 is 11.9 Å². The maximum absolute atomic E-state index is 12.4. The molecule has 9 heteroatoms. The molecule has 4 fully saturated rings. The van der Waals surface area contributed by atoms with Crippen LogP contribution >= 0.6 is 0 Å². The van der Waals surface area contributed by atoms with E-state index < -0.39 is 48.6 Å². The first-order valence-electron chi connectivity index (χ1n) is 14.1. The lowest BCUT2D eigenvalue weighted by atomic mass is 9.43. The predicted molar refractivity (Wildman–Crippen MR) is 134 cm³/mol. The van der Waals surface area contributed by atoms with Crippen molar-refractivity contribution in [2.24, 2.45) is 46.3 Å². The average Bonchev–Trinajstić information content (AvgIpc) is 3.18. The van der Waals surface area contributed by atoms with E-state index in [1.807, 2.05) is 0 Å². The number of fused-ring (bicyclic) bond motifs is 5. The van der Waals surface area contributed by atoms with Crippen molar-refractivity contribution in [1.82, 2.24) is 5.32 Å². The van der Waals surface area contributed by atoms with Gasteiger partial charge in [0.1, 0.15) is 6.04 Å². The van der Waals surface area contributed by atoms with E-state index in [1.54, 1.807) is 0 Å². The number of nitrogens with one attached hydrogen (secondary N) is 1.